The largest absolute Gasteiger partial charge is 0.508 e. The lowest BCUT2D eigenvalue weighted by atomic mass is 10.1. The van der Waals surface area contributed by atoms with Crippen molar-refractivity contribution in [2.75, 3.05) is 13.2 Å². The van der Waals surface area contributed by atoms with Crippen LogP contribution in [0.1, 0.15) is 11.1 Å². The van der Waals surface area contributed by atoms with Crippen LogP contribution in [0.25, 0.3) is 6.08 Å². The highest BCUT2D eigenvalue weighted by molar-refractivity contribution is 5.50. The molecule has 0 unspecified atom stereocenters. The fourth-order valence-electron chi connectivity index (χ4n) is 0.806. The van der Waals surface area contributed by atoms with Gasteiger partial charge in [0.1, 0.15) is 5.75 Å². The molecule has 0 bridgehead atoms. The Morgan fingerprint density at radius 3 is 2.21 bits per heavy atom. The molecular weight excluding hydrogens is 180 g/mol. The quantitative estimate of drug-likeness (QED) is 0.668. The molecule has 14 heavy (non-hydrogen) atoms. The first-order valence-electron chi connectivity index (χ1n) is 4.29. The van der Waals surface area contributed by atoms with Crippen molar-refractivity contribution >= 4 is 6.08 Å². The van der Waals surface area contributed by atoms with E-state index in [9.17, 15) is 0 Å². The second-order valence-electron chi connectivity index (χ2n) is 2.70. The first kappa shape index (κ1) is 12.7. The standard InChI is InChI=1S/C9H10O.C2H6O2/c1-3-8-4-5-9(10)7(2)6-8;3-1-2-4/h3-6,10H,1H2,2H3;3-4H,1-2H2. The smallest absolute Gasteiger partial charge is 0.118 e. The van der Waals surface area contributed by atoms with Crippen molar-refractivity contribution in [3.63, 3.8) is 0 Å². The van der Waals surface area contributed by atoms with Crippen LogP contribution in [0, 0.1) is 6.92 Å². The van der Waals surface area contributed by atoms with Crippen molar-refractivity contribution in [1.82, 2.24) is 0 Å². The Bertz CT molecular complexity index is 280. The summed E-state index contributed by atoms with van der Waals surface area (Å²) in [5, 5.41) is 24.4. The van der Waals surface area contributed by atoms with Crippen LogP contribution in [0.15, 0.2) is 24.8 Å². The van der Waals surface area contributed by atoms with E-state index in [4.69, 9.17) is 15.3 Å². The molecule has 0 fully saturated rings. The number of aliphatic hydroxyl groups excluding tert-OH is 2. The maximum absolute atomic E-state index is 9.10. The molecule has 1 aromatic carbocycles. The van der Waals surface area contributed by atoms with Crippen molar-refractivity contribution in [2.24, 2.45) is 0 Å². The zero-order chi connectivity index (χ0) is 11.0. The molecule has 0 heterocycles. The highest BCUT2D eigenvalue weighted by Crippen LogP contribution is 2.16. The molecule has 78 valence electrons. The Morgan fingerprint density at radius 2 is 1.86 bits per heavy atom. The average Bonchev–Trinajstić information content (AvgIpc) is 2.22. The molecule has 0 aromatic heterocycles. The number of aliphatic hydroxyl groups is 2. The van der Waals surface area contributed by atoms with Crippen molar-refractivity contribution in [1.29, 1.82) is 0 Å². The van der Waals surface area contributed by atoms with E-state index in [1.165, 1.54) is 0 Å². The highest BCUT2D eigenvalue weighted by atomic mass is 16.3. The van der Waals surface area contributed by atoms with Gasteiger partial charge < -0.3 is 15.3 Å². The third-order valence-electron chi connectivity index (χ3n) is 1.56. The highest BCUT2D eigenvalue weighted by Gasteiger charge is 1.93. The number of phenolic OH excluding ortho intramolecular Hbond substituents is 1. The van der Waals surface area contributed by atoms with Crippen molar-refractivity contribution < 1.29 is 15.3 Å². The van der Waals surface area contributed by atoms with Gasteiger partial charge in [-0.3, -0.25) is 0 Å². The summed E-state index contributed by atoms with van der Waals surface area (Å²) < 4.78 is 0. The zero-order valence-electron chi connectivity index (χ0n) is 8.27. The number of hydrogen-bond acceptors (Lipinski definition) is 3. The van der Waals surface area contributed by atoms with Crippen LogP contribution in [-0.2, 0) is 0 Å². The van der Waals surface area contributed by atoms with Gasteiger partial charge >= 0.3 is 0 Å². The van der Waals surface area contributed by atoms with Gasteiger partial charge in [0.05, 0.1) is 13.2 Å². The maximum atomic E-state index is 9.10. The van der Waals surface area contributed by atoms with Crippen molar-refractivity contribution in [3.05, 3.63) is 35.9 Å². The summed E-state index contributed by atoms with van der Waals surface area (Å²) in [5.41, 5.74) is 1.92. The third kappa shape index (κ3) is 4.64. The van der Waals surface area contributed by atoms with Gasteiger partial charge in [-0.1, -0.05) is 18.7 Å². The molecule has 3 heteroatoms. The third-order valence-corrected chi connectivity index (χ3v) is 1.56. The lowest BCUT2D eigenvalue weighted by molar-refractivity contribution is 0.186. The van der Waals surface area contributed by atoms with Gasteiger partial charge in [-0.25, -0.2) is 0 Å². The van der Waals surface area contributed by atoms with Crippen LogP contribution in [0.3, 0.4) is 0 Å². The van der Waals surface area contributed by atoms with Crippen LogP contribution in [0.4, 0.5) is 0 Å². The Kier molecular flexibility index (Phi) is 6.45. The van der Waals surface area contributed by atoms with Crippen LogP contribution in [0.5, 0.6) is 5.75 Å². The van der Waals surface area contributed by atoms with E-state index in [-0.39, 0.29) is 13.2 Å². The minimum atomic E-state index is -0.125. The van der Waals surface area contributed by atoms with E-state index in [0.29, 0.717) is 5.75 Å². The molecule has 0 aliphatic heterocycles. The summed E-state index contributed by atoms with van der Waals surface area (Å²) in [7, 11) is 0. The van der Waals surface area contributed by atoms with E-state index in [1.807, 2.05) is 19.1 Å². The monoisotopic (exact) mass is 196 g/mol. The van der Waals surface area contributed by atoms with Gasteiger partial charge in [0.2, 0.25) is 0 Å². The molecule has 0 saturated carbocycles. The van der Waals surface area contributed by atoms with Crippen molar-refractivity contribution in [3.8, 4) is 5.75 Å². The summed E-state index contributed by atoms with van der Waals surface area (Å²) in [6.07, 6.45) is 1.76. The lowest BCUT2D eigenvalue weighted by Crippen LogP contribution is -1.85. The van der Waals surface area contributed by atoms with E-state index in [2.05, 4.69) is 6.58 Å². The second-order valence-corrected chi connectivity index (χ2v) is 2.70. The summed E-state index contributed by atoms with van der Waals surface area (Å²) in [4.78, 5) is 0. The number of benzene rings is 1. The predicted octanol–water partition coefficient (Wildman–Crippen LogP) is 1.31. The summed E-state index contributed by atoms with van der Waals surface area (Å²) in [6.45, 7) is 5.23. The van der Waals surface area contributed by atoms with Gasteiger partial charge in [0, 0.05) is 0 Å². The molecule has 0 saturated heterocycles. The molecule has 3 N–H and O–H groups in total. The number of hydrogen-bond donors (Lipinski definition) is 3. The van der Waals surface area contributed by atoms with E-state index in [0.717, 1.165) is 11.1 Å². The molecule has 0 radical (unpaired) electrons. The number of rotatable bonds is 2. The zero-order valence-corrected chi connectivity index (χ0v) is 8.27. The van der Waals surface area contributed by atoms with Crippen LogP contribution < -0.4 is 0 Å². The summed E-state index contributed by atoms with van der Waals surface area (Å²) in [6, 6.07) is 5.39. The molecule has 0 aliphatic carbocycles. The minimum Gasteiger partial charge on any atom is -0.508 e. The maximum Gasteiger partial charge on any atom is 0.118 e. The number of aryl methyl sites for hydroxylation is 1. The first-order chi connectivity index (χ1) is 6.65. The number of phenols is 1. The molecule has 0 atom stereocenters. The fraction of sp³-hybridized carbons (Fsp3) is 0.273. The minimum absolute atomic E-state index is 0.125. The van der Waals surface area contributed by atoms with Crippen LogP contribution in [-0.4, -0.2) is 28.5 Å². The predicted molar refractivity (Wildman–Crippen MR) is 57.1 cm³/mol. The number of aromatic hydroxyl groups is 1. The summed E-state index contributed by atoms with van der Waals surface area (Å²) >= 11 is 0. The van der Waals surface area contributed by atoms with Gasteiger partial charge in [0.15, 0.2) is 0 Å². The van der Waals surface area contributed by atoms with E-state index in [1.54, 1.807) is 12.1 Å². The molecule has 0 amide bonds. The van der Waals surface area contributed by atoms with Gasteiger partial charge in [-0.2, -0.15) is 0 Å². The van der Waals surface area contributed by atoms with Gasteiger partial charge in [0.25, 0.3) is 0 Å². The molecule has 1 rings (SSSR count). The Morgan fingerprint density at radius 1 is 1.29 bits per heavy atom. The molecule has 3 nitrogen and oxygen atoms in total. The molecule has 1 aromatic rings. The Balaban J connectivity index is 0.000000364. The molecular formula is C11H16O3. The van der Waals surface area contributed by atoms with Gasteiger partial charge in [-0.05, 0) is 30.2 Å². The Labute approximate surface area is 84.0 Å². The second kappa shape index (κ2) is 7.12. The van der Waals surface area contributed by atoms with Crippen molar-refractivity contribution in [2.45, 2.75) is 6.92 Å². The summed E-state index contributed by atoms with van der Waals surface area (Å²) in [5.74, 6) is 0.339. The van der Waals surface area contributed by atoms with Crippen LogP contribution >= 0.6 is 0 Å². The van der Waals surface area contributed by atoms with Gasteiger partial charge in [-0.15, -0.1) is 0 Å². The lowest BCUT2D eigenvalue weighted by Gasteiger charge is -1.97. The van der Waals surface area contributed by atoms with Crippen LogP contribution in [0.2, 0.25) is 0 Å². The van der Waals surface area contributed by atoms with E-state index >= 15 is 0 Å². The first-order valence-corrected chi connectivity index (χ1v) is 4.29. The Hall–Kier alpha value is -1.32. The topological polar surface area (TPSA) is 60.7 Å². The average molecular weight is 196 g/mol. The normalized spacial score (nSPS) is 8.79. The van der Waals surface area contributed by atoms with E-state index < -0.39 is 0 Å². The fourth-order valence-corrected chi connectivity index (χ4v) is 0.806. The molecule has 0 spiro atoms. The SMILES string of the molecule is C=Cc1ccc(O)c(C)c1.OCCO. The molecule has 0 aliphatic rings.